The van der Waals surface area contributed by atoms with Gasteiger partial charge in [-0.25, -0.2) is 0 Å². The number of fused-ring (bicyclic) bond motifs is 1. The highest BCUT2D eigenvalue weighted by molar-refractivity contribution is 5.45. The Bertz CT molecular complexity index is 232. The fraction of sp³-hybridized carbons (Fsp3) is 0.636. The van der Waals surface area contributed by atoms with Crippen molar-refractivity contribution >= 4 is 0 Å². The molecule has 2 aliphatic rings. The summed E-state index contributed by atoms with van der Waals surface area (Å²) in [4.78, 5) is 0. The van der Waals surface area contributed by atoms with Crippen LogP contribution in [0.5, 0.6) is 0 Å². The van der Waals surface area contributed by atoms with Crippen LogP contribution in [0.3, 0.4) is 0 Å². The molecule has 0 bridgehead atoms. The van der Waals surface area contributed by atoms with Crippen molar-refractivity contribution in [2.75, 3.05) is 0 Å². The zero-order valence-corrected chi connectivity index (χ0v) is 7.59. The van der Waals surface area contributed by atoms with E-state index in [0.717, 1.165) is 17.8 Å². The first-order chi connectivity index (χ1) is 5.18. The molecule has 11 heavy (non-hydrogen) atoms. The minimum absolute atomic E-state index is 0.761. The van der Waals surface area contributed by atoms with Crippen molar-refractivity contribution in [1.82, 2.24) is 0 Å². The molecule has 0 amide bonds. The van der Waals surface area contributed by atoms with E-state index in [1.54, 1.807) is 11.1 Å². The summed E-state index contributed by atoms with van der Waals surface area (Å²) in [5.41, 5.74) is 3.26. The molecule has 3 unspecified atom stereocenters. The zero-order valence-electron chi connectivity index (χ0n) is 7.59. The molecule has 0 nitrogen and oxygen atoms in total. The number of hydrogen-bond acceptors (Lipinski definition) is 0. The van der Waals surface area contributed by atoms with Gasteiger partial charge in [0.05, 0.1) is 0 Å². The smallest absolute Gasteiger partial charge is 0.0150 e. The maximum Gasteiger partial charge on any atom is -0.0150 e. The van der Waals surface area contributed by atoms with E-state index in [0.29, 0.717) is 0 Å². The average molecular weight is 148 g/mol. The first kappa shape index (κ1) is 7.15. The molecule has 0 radical (unpaired) electrons. The van der Waals surface area contributed by atoms with Crippen LogP contribution >= 0.6 is 0 Å². The molecule has 3 atom stereocenters. The summed E-state index contributed by atoms with van der Waals surface area (Å²) in [5, 5.41) is 0. The summed E-state index contributed by atoms with van der Waals surface area (Å²) in [7, 11) is 0. The van der Waals surface area contributed by atoms with Crippen molar-refractivity contribution in [2.24, 2.45) is 17.8 Å². The summed E-state index contributed by atoms with van der Waals surface area (Å²) in [5.74, 6) is 2.37. The predicted octanol–water partition coefficient (Wildman–Crippen LogP) is 3.16. The highest BCUT2D eigenvalue weighted by atomic mass is 14.3. The van der Waals surface area contributed by atoms with Crippen LogP contribution in [0.15, 0.2) is 23.3 Å². The predicted molar refractivity (Wildman–Crippen MR) is 48.3 cm³/mol. The summed E-state index contributed by atoms with van der Waals surface area (Å²) in [6, 6.07) is 0. The lowest BCUT2D eigenvalue weighted by Crippen LogP contribution is -2.23. The molecule has 0 aromatic heterocycles. The first-order valence-electron chi connectivity index (χ1n) is 4.61. The molecule has 2 rings (SSSR count). The highest BCUT2D eigenvalue weighted by Gasteiger charge is 2.29. The van der Waals surface area contributed by atoms with E-state index in [9.17, 15) is 0 Å². The third-order valence-corrected chi connectivity index (χ3v) is 3.16. The lowest BCUT2D eigenvalue weighted by molar-refractivity contribution is 0.486. The quantitative estimate of drug-likeness (QED) is 0.495. The maximum absolute atomic E-state index is 2.47. The van der Waals surface area contributed by atoms with Gasteiger partial charge in [0.1, 0.15) is 0 Å². The summed E-state index contributed by atoms with van der Waals surface area (Å²) >= 11 is 0. The van der Waals surface area contributed by atoms with Gasteiger partial charge < -0.3 is 0 Å². The topological polar surface area (TPSA) is 0 Å². The molecule has 2 aliphatic carbocycles. The van der Waals surface area contributed by atoms with E-state index < -0.39 is 0 Å². The number of rotatable bonds is 0. The normalized spacial score (nSPS) is 41.9. The van der Waals surface area contributed by atoms with Crippen LogP contribution in [0.4, 0.5) is 0 Å². The monoisotopic (exact) mass is 148 g/mol. The third-order valence-electron chi connectivity index (χ3n) is 3.16. The Kier molecular flexibility index (Phi) is 1.45. The second-order valence-electron chi connectivity index (χ2n) is 4.14. The molecular weight excluding hydrogens is 132 g/mol. The fourth-order valence-electron chi connectivity index (χ4n) is 2.08. The van der Waals surface area contributed by atoms with E-state index in [4.69, 9.17) is 0 Å². The fourth-order valence-corrected chi connectivity index (χ4v) is 2.08. The minimum Gasteiger partial charge on any atom is -0.0776 e. The van der Waals surface area contributed by atoms with Gasteiger partial charge >= 0.3 is 0 Å². The lowest BCUT2D eigenvalue weighted by Gasteiger charge is -2.36. The largest absolute Gasteiger partial charge is 0.0776 e. The van der Waals surface area contributed by atoms with E-state index in [-0.39, 0.29) is 0 Å². The van der Waals surface area contributed by atoms with E-state index in [1.165, 1.54) is 6.42 Å². The van der Waals surface area contributed by atoms with Crippen LogP contribution in [0.1, 0.15) is 27.2 Å². The first-order valence-corrected chi connectivity index (χ1v) is 4.61. The second kappa shape index (κ2) is 2.23. The molecule has 1 saturated carbocycles. The Balaban J connectivity index is 2.26. The van der Waals surface area contributed by atoms with Crippen molar-refractivity contribution in [3.63, 3.8) is 0 Å². The van der Waals surface area contributed by atoms with Gasteiger partial charge in [-0.1, -0.05) is 32.9 Å². The van der Waals surface area contributed by atoms with Crippen LogP contribution in [-0.4, -0.2) is 0 Å². The van der Waals surface area contributed by atoms with Crippen molar-refractivity contribution in [3.05, 3.63) is 23.3 Å². The molecule has 0 spiro atoms. The SMILES string of the molecule is CC1CC2=CC(C)C(C)C=C21. The van der Waals surface area contributed by atoms with Crippen LogP contribution in [-0.2, 0) is 0 Å². The van der Waals surface area contributed by atoms with Gasteiger partial charge in [-0.3, -0.25) is 0 Å². The van der Waals surface area contributed by atoms with Gasteiger partial charge in [-0.05, 0) is 35.3 Å². The Morgan fingerprint density at radius 3 is 2.36 bits per heavy atom. The maximum atomic E-state index is 2.47. The van der Waals surface area contributed by atoms with Gasteiger partial charge in [0.15, 0.2) is 0 Å². The molecular formula is C11H16. The number of allylic oxidation sites excluding steroid dienone is 4. The van der Waals surface area contributed by atoms with Crippen molar-refractivity contribution in [1.29, 1.82) is 0 Å². The van der Waals surface area contributed by atoms with Gasteiger partial charge in [-0.15, -0.1) is 0 Å². The van der Waals surface area contributed by atoms with Crippen molar-refractivity contribution in [2.45, 2.75) is 27.2 Å². The Morgan fingerprint density at radius 2 is 1.73 bits per heavy atom. The van der Waals surface area contributed by atoms with Gasteiger partial charge in [0.25, 0.3) is 0 Å². The van der Waals surface area contributed by atoms with Gasteiger partial charge in [0, 0.05) is 0 Å². The molecule has 0 aromatic carbocycles. The lowest BCUT2D eigenvalue weighted by atomic mass is 9.69. The molecule has 0 heterocycles. The van der Waals surface area contributed by atoms with E-state index in [2.05, 4.69) is 32.9 Å². The van der Waals surface area contributed by atoms with Crippen molar-refractivity contribution in [3.8, 4) is 0 Å². The molecule has 0 aromatic rings. The molecule has 60 valence electrons. The molecule has 0 heteroatoms. The van der Waals surface area contributed by atoms with Crippen LogP contribution in [0.2, 0.25) is 0 Å². The Hall–Kier alpha value is -0.520. The summed E-state index contributed by atoms with van der Waals surface area (Å²) < 4.78 is 0. The van der Waals surface area contributed by atoms with Gasteiger partial charge in [0.2, 0.25) is 0 Å². The van der Waals surface area contributed by atoms with E-state index in [1.807, 2.05) is 0 Å². The highest BCUT2D eigenvalue weighted by Crippen LogP contribution is 2.44. The third kappa shape index (κ3) is 0.962. The van der Waals surface area contributed by atoms with Crippen molar-refractivity contribution < 1.29 is 0 Å². The minimum atomic E-state index is 0.761. The zero-order chi connectivity index (χ0) is 8.01. The molecule has 1 fully saturated rings. The van der Waals surface area contributed by atoms with Crippen LogP contribution in [0, 0.1) is 17.8 Å². The Morgan fingerprint density at radius 1 is 1.09 bits per heavy atom. The van der Waals surface area contributed by atoms with Gasteiger partial charge in [-0.2, -0.15) is 0 Å². The summed E-state index contributed by atoms with van der Waals surface area (Å²) in [6.45, 7) is 6.95. The standard InChI is InChI=1S/C11H16/c1-7-4-10-5-9(3)11(10)6-8(7)2/h4,6-9H,5H2,1-3H3. The average Bonchev–Trinajstić information content (AvgIpc) is 1.97. The summed E-state index contributed by atoms with van der Waals surface area (Å²) in [6.07, 6.45) is 6.25. The number of hydrogen-bond donors (Lipinski definition) is 0. The van der Waals surface area contributed by atoms with Crippen LogP contribution in [0.25, 0.3) is 0 Å². The molecule has 0 saturated heterocycles. The second-order valence-corrected chi connectivity index (χ2v) is 4.14. The van der Waals surface area contributed by atoms with Crippen LogP contribution < -0.4 is 0 Å². The Labute approximate surface area is 69.0 Å². The molecule has 0 aliphatic heterocycles. The molecule has 0 N–H and O–H groups in total. The van der Waals surface area contributed by atoms with E-state index >= 15 is 0 Å².